The van der Waals surface area contributed by atoms with E-state index in [0.717, 1.165) is 30.2 Å². The van der Waals surface area contributed by atoms with E-state index < -0.39 is 23.8 Å². The van der Waals surface area contributed by atoms with Crippen molar-refractivity contribution in [2.24, 2.45) is 0 Å². The Bertz CT molecular complexity index is 898. The van der Waals surface area contributed by atoms with E-state index in [1.165, 1.54) is 12.1 Å². The zero-order valence-corrected chi connectivity index (χ0v) is 16.2. The van der Waals surface area contributed by atoms with Gasteiger partial charge in [0.2, 0.25) is 0 Å². The van der Waals surface area contributed by atoms with Crippen LogP contribution < -0.4 is 15.4 Å². The van der Waals surface area contributed by atoms with Gasteiger partial charge in [0.05, 0.1) is 11.7 Å². The molecule has 150 valence electrons. The molecule has 0 fully saturated rings. The number of hydrogen-bond donors (Lipinski definition) is 2. The molecule has 4 nitrogen and oxygen atoms in total. The Labute approximate surface area is 166 Å². The number of fused-ring (bicyclic) bond motifs is 1. The number of halogens is 4. The van der Waals surface area contributed by atoms with Crippen LogP contribution in [0.5, 0.6) is 5.75 Å². The van der Waals surface area contributed by atoms with Gasteiger partial charge < -0.3 is 15.4 Å². The highest BCUT2D eigenvalue weighted by atomic mass is 35.5. The van der Waals surface area contributed by atoms with Gasteiger partial charge in [-0.2, -0.15) is 13.2 Å². The number of amides is 1. The largest absolute Gasteiger partial charge is 0.490 e. The minimum absolute atomic E-state index is 0.115. The lowest BCUT2D eigenvalue weighted by molar-refractivity contribution is -0.139. The molecule has 1 heterocycles. The first-order chi connectivity index (χ1) is 13.1. The van der Waals surface area contributed by atoms with Crippen molar-refractivity contribution in [2.75, 3.05) is 11.9 Å². The predicted octanol–water partition coefficient (Wildman–Crippen LogP) is 5.04. The van der Waals surface area contributed by atoms with E-state index >= 15 is 0 Å². The summed E-state index contributed by atoms with van der Waals surface area (Å²) in [6, 6.07) is 6.68. The standard InChI is InChI=1S/C20H20ClF3N2O2/c1-11(2)28-18-4-3-12(8-16(18)20(22,23)24)19(27)26-14-7-13-10-25-6-5-15(13)17(21)9-14/h3-4,7-9,11,25H,5-6,10H2,1-2H3,(H,26,27). The number of anilines is 1. The molecule has 2 N–H and O–H groups in total. The highest BCUT2D eigenvalue weighted by Crippen LogP contribution is 2.37. The summed E-state index contributed by atoms with van der Waals surface area (Å²) in [5.41, 5.74) is 1.32. The van der Waals surface area contributed by atoms with Crippen LogP contribution in [0.2, 0.25) is 5.02 Å². The Hall–Kier alpha value is -2.25. The summed E-state index contributed by atoms with van der Waals surface area (Å²) < 4.78 is 45.4. The van der Waals surface area contributed by atoms with Crippen LogP contribution in [-0.4, -0.2) is 18.6 Å². The summed E-state index contributed by atoms with van der Waals surface area (Å²) in [5, 5.41) is 6.38. The van der Waals surface area contributed by atoms with Crippen LogP contribution in [0.1, 0.15) is 40.9 Å². The maximum Gasteiger partial charge on any atom is 0.419 e. The highest BCUT2D eigenvalue weighted by molar-refractivity contribution is 6.31. The van der Waals surface area contributed by atoms with E-state index in [0.29, 0.717) is 17.3 Å². The maximum atomic E-state index is 13.4. The van der Waals surface area contributed by atoms with Gasteiger partial charge in [-0.1, -0.05) is 11.6 Å². The van der Waals surface area contributed by atoms with Crippen molar-refractivity contribution in [3.8, 4) is 5.75 Å². The van der Waals surface area contributed by atoms with Gasteiger partial charge in [-0.3, -0.25) is 4.79 Å². The minimum atomic E-state index is -4.64. The van der Waals surface area contributed by atoms with Crippen molar-refractivity contribution in [1.29, 1.82) is 0 Å². The lowest BCUT2D eigenvalue weighted by Gasteiger charge is -2.20. The van der Waals surface area contributed by atoms with Crippen LogP contribution in [0.15, 0.2) is 30.3 Å². The Morgan fingerprint density at radius 2 is 2.00 bits per heavy atom. The van der Waals surface area contributed by atoms with Crippen molar-refractivity contribution in [3.63, 3.8) is 0 Å². The topological polar surface area (TPSA) is 50.4 Å². The number of carbonyl (C=O) groups is 1. The van der Waals surface area contributed by atoms with Crippen LogP contribution in [0.25, 0.3) is 0 Å². The third kappa shape index (κ3) is 4.59. The number of alkyl halides is 3. The number of ether oxygens (including phenoxy) is 1. The molecule has 1 aliphatic rings. The van der Waals surface area contributed by atoms with Crippen LogP contribution in [0.4, 0.5) is 18.9 Å². The van der Waals surface area contributed by atoms with Crippen LogP contribution in [-0.2, 0) is 19.1 Å². The molecule has 0 saturated heterocycles. The first-order valence-corrected chi connectivity index (χ1v) is 9.24. The van der Waals surface area contributed by atoms with Gasteiger partial charge in [0.1, 0.15) is 5.75 Å². The van der Waals surface area contributed by atoms with E-state index in [9.17, 15) is 18.0 Å². The molecule has 28 heavy (non-hydrogen) atoms. The third-order valence-corrected chi connectivity index (χ3v) is 4.66. The molecule has 2 aromatic carbocycles. The van der Waals surface area contributed by atoms with E-state index in [-0.39, 0.29) is 11.3 Å². The van der Waals surface area contributed by atoms with Crippen molar-refractivity contribution < 1.29 is 22.7 Å². The molecule has 3 rings (SSSR count). The van der Waals surface area contributed by atoms with Crippen molar-refractivity contribution in [2.45, 2.75) is 39.1 Å². The molecular formula is C20H20ClF3N2O2. The molecule has 0 atom stereocenters. The summed E-state index contributed by atoms with van der Waals surface area (Å²) >= 11 is 6.29. The van der Waals surface area contributed by atoms with Crippen molar-refractivity contribution >= 4 is 23.2 Å². The molecule has 0 unspecified atom stereocenters. The molecule has 0 radical (unpaired) electrons. The molecule has 0 aliphatic carbocycles. The molecule has 1 amide bonds. The fourth-order valence-electron chi connectivity index (χ4n) is 3.09. The van der Waals surface area contributed by atoms with Gasteiger partial charge in [0.25, 0.3) is 5.91 Å². The van der Waals surface area contributed by atoms with Gasteiger partial charge in [0, 0.05) is 22.8 Å². The number of rotatable bonds is 4. The monoisotopic (exact) mass is 412 g/mol. The summed E-state index contributed by atoms with van der Waals surface area (Å²) in [6.45, 7) is 4.71. The Morgan fingerprint density at radius 3 is 2.68 bits per heavy atom. The van der Waals surface area contributed by atoms with Crippen molar-refractivity contribution in [1.82, 2.24) is 5.32 Å². The summed E-state index contributed by atoms with van der Waals surface area (Å²) in [4.78, 5) is 12.5. The Kier molecular flexibility index (Phi) is 5.86. The van der Waals surface area contributed by atoms with Gasteiger partial charge >= 0.3 is 6.18 Å². The van der Waals surface area contributed by atoms with Gasteiger partial charge in [0.15, 0.2) is 0 Å². The third-order valence-electron chi connectivity index (χ3n) is 4.32. The Balaban J connectivity index is 1.87. The normalized spacial score (nSPS) is 14.0. The molecular weight excluding hydrogens is 393 g/mol. The van der Waals surface area contributed by atoms with Crippen LogP contribution in [0, 0.1) is 0 Å². The molecule has 8 heteroatoms. The zero-order valence-electron chi connectivity index (χ0n) is 15.4. The van der Waals surface area contributed by atoms with Crippen molar-refractivity contribution in [3.05, 3.63) is 57.6 Å². The number of carbonyl (C=O) groups excluding carboxylic acids is 1. The van der Waals surface area contributed by atoms with E-state index in [1.54, 1.807) is 26.0 Å². The van der Waals surface area contributed by atoms with E-state index in [4.69, 9.17) is 16.3 Å². The van der Waals surface area contributed by atoms with Gasteiger partial charge in [-0.05, 0) is 68.3 Å². The summed E-state index contributed by atoms with van der Waals surface area (Å²) in [5.74, 6) is -0.955. The second-order valence-electron chi connectivity index (χ2n) is 6.85. The fraction of sp³-hybridized carbons (Fsp3) is 0.350. The van der Waals surface area contributed by atoms with Gasteiger partial charge in [-0.15, -0.1) is 0 Å². The number of nitrogens with one attached hydrogen (secondary N) is 2. The van der Waals surface area contributed by atoms with Gasteiger partial charge in [-0.25, -0.2) is 0 Å². The second-order valence-corrected chi connectivity index (χ2v) is 7.26. The predicted molar refractivity (Wildman–Crippen MR) is 102 cm³/mol. The molecule has 0 saturated carbocycles. The summed E-state index contributed by atoms with van der Waals surface area (Å²) in [6.07, 6.45) is -4.28. The summed E-state index contributed by atoms with van der Waals surface area (Å²) in [7, 11) is 0. The Morgan fingerprint density at radius 1 is 1.25 bits per heavy atom. The molecule has 0 bridgehead atoms. The van der Waals surface area contributed by atoms with Crippen LogP contribution >= 0.6 is 11.6 Å². The average Bonchev–Trinajstić information content (AvgIpc) is 2.60. The van der Waals surface area contributed by atoms with Crippen LogP contribution in [0.3, 0.4) is 0 Å². The lowest BCUT2D eigenvalue weighted by atomic mass is 10.00. The van der Waals surface area contributed by atoms with E-state index in [2.05, 4.69) is 10.6 Å². The molecule has 0 aromatic heterocycles. The highest BCUT2D eigenvalue weighted by Gasteiger charge is 2.35. The first-order valence-electron chi connectivity index (χ1n) is 8.86. The molecule has 0 spiro atoms. The van der Waals surface area contributed by atoms with E-state index in [1.807, 2.05) is 0 Å². The first kappa shape index (κ1) is 20.5. The molecule has 1 aliphatic heterocycles. The smallest absolute Gasteiger partial charge is 0.419 e. The average molecular weight is 413 g/mol. The second kappa shape index (κ2) is 8.01. The zero-order chi connectivity index (χ0) is 20.5. The maximum absolute atomic E-state index is 13.4. The number of hydrogen-bond acceptors (Lipinski definition) is 3. The lowest BCUT2D eigenvalue weighted by Crippen LogP contribution is -2.24. The molecule has 2 aromatic rings. The quantitative estimate of drug-likeness (QED) is 0.739. The number of benzene rings is 2. The fourth-order valence-corrected chi connectivity index (χ4v) is 3.43. The SMILES string of the molecule is CC(C)Oc1ccc(C(=O)Nc2cc(Cl)c3c(c2)CNCC3)cc1C(F)(F)F. The minimum Gasteiger partial charge on any atom is -0.490 e.